The fourth-order valence-corrected chi connectivity index (χ4v) is 3.92. The van der Waals surface area contributed by atoms with Crippen LogP contribution in [0.4, 0.5) is 14.5 Å². The maximum absolute atomic E-state index is 13.9. The topological polar surface area (TPSA) is 52.7 Å². The van der Waals surface area contributed by atoms with E-state index in [1.807, 2.05) is 0 Å². The van der Waals surface area contributed by atoms with Crippen molar-refractivity contribution >= 4 is 15.9 Å². The van der Waals surface area contributed by atoms with Crippen LogP contribution < -0.4 is 9.62 Å². The van der Waals surface area contributed by atoms with E-state index in [0.717, 1.165) is 6.07 Å². The predicted octanol–water partition coefficient (Wildman–Crippen LogP) is 1.72. The summed E-state index contributed by atoms with van der Waals surface area (Å²) in [6, 6.07) is 3.84. The number of nitrogens with zero attached hydrogens (tertiary/aromatic N) is 2. The predicted molar refractivity (Wildman–Crippen MR) is 82.0 cm³/mol. The van der Waals surface area contributed by atoms with E-state index in [-0.39, 0.29) is 18.3 Å². The van der Waals surface area contributed by atoms with Crippen molar-refractivity contribution in [1.29, 1.82) is 0 Å². The van der Waals surface area contributed by atoms with Gasteiger partial charge in [-0.2, -0.15) is 17.4 Å². The minimum Gasteiger partial charge on any atom is -0.368 e. The molecule has 1 fully saturated rings. The van der Waals surface area contributed by atoms with E-state index >= 15 is 0 Å². The quantitative estimate of drug-likeness (QED) is 0.913. The van der Waals surface area contributed by atoms with Crippen molar-refractivity contribution in [2.45, 2.75) is 26.3 Å². The first-order chi connectivity index (χ1) is 10.3. The first-order valence-corrected chi connectivity index (χ1v) is 8.71. The summed E-state index contributed by atoms with van der Waals surface area (Å²) in [6.45, 7) is 4.90. The molecule has 1 aliphatic rings. The van der Waals surface area contributed by atoms with Gasteiger partial charge in [0, 0.05) is 32.2 Å². The van der Waals surface area contributed by atoms with Gasteiger partial charge in [0.15, 0.2) is 11.6 Å². The van der Waals surface area contributed by atoms with Gasteiger partial charge in [-0.25, -0.2) is 8.78 Å². The van der Waals surface area contributed by atoms with Gasteiger partial charge in [0.2, 0.25) is 0 Å². The van der Waals surface area contributed by atoms with Crippen LogP contribution in [-0.2, 0) is 10.2 Å². The summed E-state index contributed by atoms with van der Waals surface area (Å²) in [5.41, 5.74) is 0.177. The lowest BCUT2D eigenvalue weighted by Crippen LogP contribution is -2.45. The van der Waals surface area contributed by atoms with Gasteiger partial charge in [-0.15, -0.1) is 0 Å². The lowest BCUT2D eigenvalue weighted by molar-refractivity contribution is 0.419. The zero-order valence-electron chi connectivity index (χ0n) is 12.7. The molecule has 8 heteroatoms. The second-order valence-corrected chi connectivity index (χ2v) is 7.29. The summed E-state index contributed by atoms with van der Waals surface area (Å²) in [5.74, 6) is -1.79. The molecule has 2 rings (SSSR count). The van der Waals surface area contributed by atoms with Gasteiger partial charge in [0.1, 0.15) is 0 Å². The molecule has 0 saturated carbocycles. The minimum atomic E-state index is -3.54. The van der Waals surface area contributed by atoms with Gasteiger partial charge in [0.25, 0.3) is 10.2 Å². The second-order valence-electron chi connectivity index (χ2n) is 5.59. The second kappa shape index (κ2) is 6.89. The molecular weight excluding hydrogens is 312 g/mol. The number of halogens is 2. The number of rotatable bonds is 4. The van der Waals surface area contributed by atoms with Crippen molar-refractivity contribution in [3.8, 4) is 0 Å². The fourth-order valence-electron chi connectivity index (χ4n) is 2.48. The molecule has 0 aromatic heterocycles. The van der Waals surface area contributed by atoms with Gasteiger partial charge >= 0.3 is 0 Å². The molecule has 1 heterocycles. The zero-order valence-corrected chi connectivity index (χ0v) is 13.5. The molecule has 0 aliphatic carbocycles. The van der Waals surface area contributed by atoms with E-state index in [0.29, 0.717) is 26.1 Å². The highest BCUT2D eigenvalue weighted by atomic mass is 32.2. The van der Waals surface area contributed by atoms with Gasteiger partial charge < -0.3 is 4.90 Å². The number of hydrogen-bond acceptors (Lipinski definition) is 3. The molecule has 5 nitrogen and oxygen atoms in total. The number of nitrogens with one attached hydrogen (secondary N) is 1. The fraction of sp³-hybridized carbons (Fsp3) is 0.571. The van der Waals surface area contributed by atoms with E-state index in [2.05, 4.69) is 4.72 Å². The Labute approximate surface area is 130 Å². The molecule has 124 valence electrons. The van der Waals surface area contributed by atoms with Crippen molar-refractivity contribution in [1.82, 2.24) is 9.03 Å². The first kappa shape index (κ1) is 17.1. The van der Waals surface area contributed by atoms with E-state index in [1.54, 1.807) is 18.7 Å². The normalized spacial score (nSPS) is 17.8. The average Bonchev–Trinajstić information content (AvgIpc) is 2.67. The molecular formula is C14H21F2N3O2S. The highest BCUT2D eigenvalue weighted by molar-refractivity contribution is 7.87. The SMILES string of the molecule is CC(C)NS(=O)(=O)N1CCCN(c2cccc(F)c2F)CC1. The van der Waals surface area contributed by atoms with Gasteiger partial charge in [-0.1, -0.05) is 6.07 Å². The molecule has 1 N–H and O–H groups in total. The Morgan fingerprint density at radius 3 is 2.55 bits per heavy atom. The van der Waals surface area contributed by atoms with Crippen LogP contribution >= 0.6 is 0 Å². The molecule has 1 aromatic carbocycles. The number of hydrogen-bond donors (Lipinski definition) is 1. The maximum atomic E-state index is 13.9. The largest absolute Gasteiger partial charge is 0.368 e. The Hall–Kier alpha value is -1.25. The van der Waals surface area contributed by atoms with Crippen molar-refractivity contribution in [3.05, 3.63) is 29.8 Å². The lowest BCUT2D eigenvalue weighted by Gasteiger charge is -2.24. The highest BCUT2D eigenvalue weighted by Crippen LogP contribution is 2.23. The number of anilines is 1. The van der Waals surface area contributed by atoms with E-state index in [1.165, 1.54) is 16.4 Å². The zero-order chi connectivity index (χ0) is 16.3. The molecule has 0 atom stereocenters. The summed E-state index contributed by atoms with van der Waals surface area (Å²) in [6.07, 6.45) is 0.551. The van der Waals surface area contributed by atoms with Crippen LogP contribution in [0.15, 0.2) is 18.2 Å². The van der Waals surface area contributed by atoms with Crippen molar-refractivity contribution < 1.29 is 17.2 Å². The smallest absolute Gasteiger partial charge is 0.279 e. The van der Waals surface area contributed by atoms with Crippen LogP contribution in [0.2, 0.25) is 0 Å². The summed E-state index contributed by atoms with van der Waals surface area (Å²) in [4.78, 5) is 1.68. The molecule has 0 unspecified atom stereocenters. The van der Waals surface area contributed by atoms with E-state index in [9.17, 15) is 17.2 Å². The third-order valence-corrected chi connectivity index (χ3v) is 5.27. The molecule has 1 aromatic rings. The molecule has 22 heavy (non-hydrogen) atoms. The van der Waals surface area contributed by atoms with E-state index in [4.69, 9.17) is 0 Å². The Balaban J connectivity index is 2.12. The standard InChI is InChI=1S/C14H21F2N3O2S/c1-11(2)17-22(20,21)19-8-4-7-18(9-10-19)13-6-3-5-12(15)14(13)16/h3,5-6,11,17H,4,7-10H2,1-2H3. The molecule has 0 radical (unpaired) electrons. The van der Waals surface area contributed by atoms with Gasteiger partial charge in [-0.3, -0.25) is 0 Å². The monoisotopic (exact) mass is 333 g/mol. The average molecular weight is 333 g/mol. The Morgan fingerprint density at radius 1 is 1.14 bits per heavy atom. The van der Waals surface area contributed by atoms with Crippen LogP contribution in [0, 0.1) is 11.6 Å². The van der Waals surface area contributed by atoms with Gasteiger partial charge in [0.05, 0.1) is 5.69 Å². The van der Waals surface area contributed by atoms with Crippen LogP contribution in [-0.4, -0.2) is 44.9 Å². The summed E-state index contributed by atoms with van der Waals surface area (Å²) in [7, 11) is -3.54. The third-order valence-electron chi connectivity index (χ3n) is 3.45. The highest BCUT2D eigenvalue weighted by Gasteiger charge is 2.26. The number of benzene rings is 1. The lowest BCUT2D eigenvalue weighted by atomic mass is 10.2. The molecule has 0 amide bonds. The Bertz CT molecular complexity index is 623. The first-order valence-electron chi connectivity index (χ1n) is 7.27. The van der Waals surface area contributed by atoms with Gasteiger partial charge in [-0.05, 0) is 32.4 Å². The summed E-state index contributed by atoms with van der Waals surface area (Å²) < 4.78 is 55.4. The molecule has 1 aliphatic heterocycles. The maximum Gasteiger partial charge on any atom is 0.279 e. The van der Waals surface area contributed by atoms with Crippen molar-refractivity contribution in [2.24, 2.45) is 0 Å². The van der Waals surface area contributed by atoms with E-state index < -0.39 is 21.8 Å². The van der Waals surface area contributed by atoms with Crippen molar-refractivity contribution in [3.63, 3.8) is 0 Å². The molecule has 0 spiro atoms. The third kappa shape index (κ3) is 3.93. The Morgan fingerprint density at radius 2 is 1.86 bits per heavy atom. The van der Waals surface area contributed by atoms with Crippen LogP contribution in [0.5, 0.6) is 0 Å². The molecule has 1 saturated heterocycles. The summed E-state index contributed by atoms with van der Waals surface area (Å²) in [5, 5.41) is 0. The Kier molecular flexibility index (Phi) is 5.36. The summed E-state index contributed by atoms with van der Waals surface area (Å²) >= 11 is 0. The molecule has 0 bridgehead atoms. The van der Waals surface area contributed by atoms with Crippen molar-refractivity contribution in [2.75, 3.05) is 31.1 Å². The minimum absolute atomic E-state index is 0.177. The van der Waals surface area contributed by atoms with Crippen LogP contribution in [0.25, 0.3) is 0 Å². The van der Waals surface area contributed by atoms with Crippen LogP contribution in [0.1, 0.15) is 20.3 Å². The van der Waals surface area contributed by atoms with Crippen LogP contribution in [0.3, 0.4) is 0 Å².